The van der Waals surface area contributed by atoms with Crippen molar-refractivity contribution in [3.05, 3.63) is 69.5 Å². The van der Waals surface area contributed by atoms with Crippen LogP contribution in [0.2, 0.25) is 0 Å². The second kappa shape index (κ2) is 7.77. The van der Waals surface area contributed by atoms with E-state index in [1.54, 1.807) is 4.90 Å². The van der Waals surface area contributed by atoms with Crippen LogP contribution in [0.4, 0.5) is 23.5 Å². The molecule has 2 aromatic carbocycles. The molecule has 0 atom stereocenters. The summed E-state index contributed by atoms with van der Waals surface area (Å²) in [7, 11) is 0. The molecule has 10 heteroatoms. The van der Waals surface area contributed by atoms with Gasteiger partial charge in [-0.3, -0.25) is 15.0 Å². The molecule has 0 unspecified atom stereocenters. The third kappa shape index (κ3) is 3.85. The van der Waals surface area contributed by atoms with E-state index in [-0.39, 0.29) is 22.4 Å². The van der Waals surface area contributed by atoms with Crippen molar-refractivity contribution in [1.29, 1.82) is 0 Å². The van der Waals surface area contributed by atoms with E-state index in [9.17, 15) is 27.2 Å². The normalized spacial score (nSPS) is 13.8. The maximum atomic E-state index is 13.7. The molecular weight excluding hydrogens is 404 g/mol. The Bertz CT molecular complexity index is 1190. The lowest BCUT2D eigenvalue weighted by atomic mass is 10.1. The van der Waals surface area contributed by atoms with Gasteiger partial charge in [0.15, 0.2) is 11.6 Å². The number of nitrogens with one attached hydrogen (secondary N) is 1. The average Bonchev–Trinajstić information content (AvgIpc) is 3.19. The minimum Gasteiger partial charge on any atom is -0.341 e. The van der Waals surface area contributed by atoms with Crippen LogP contribution in [0.1, 0.15) is 18.4 Å². The van der Waals surface area contributed by atoms with Crippen LogP contribution in [0, 0.1) is 23.3 Å². The van der Waals surface area contributed by atoms with Gasteiger partial charge in [0.1, 0.15) is 11.6 Å². The Morgan fingerprint density at radius 1 is 0.967 bits per heavy atom. The van der Waals surface area contributed by atoms with Gasteiger partial charge in [0.05, 0.1) is 17.3 Å². The lowest BCUT2D eigenvalue weighted by Gasteiger charge is -2.22. The van der Waals surface area contributed by atoms with Gasteiger partial charge in [-0.25, -0.2) is 22.5 Å². The van der Waals surface area contributed by atoms with Gasteiger partial charge >= 0.3 is 0 Å². The Hall–Kier alpha value is -3.43. The van der Waals surface area contributed by atoms with Crippen LogP contribution < -0.4 is 15.9 Å². The number of carbonyl (C=O) groups is 1. The molecule has 2 heterocycles. The Labute approximate surface area is 167 Å². The Morgan fingerprint density at radius 2 is 1.60 bits per heavy atom. The molecular formula is C20H16F4N4O2. The summed E-state index contributed by atoms with van der Waals surface area (Å²) in [4.78, 5) is 31.4. The van der Waals surface area contributed by atoms with Crippen molar-refractivity contribution in [1.82, 2.24) is 9.66 Å². The number of carbonyl (C=O) groups excluding carboxylic acids is 1. The van der Waals surface area contributed by atoms with Gasteiger partial charge in [-0.2, -0.15) is 4.68 Å². The number of nitrogens with zero attached hydrogens (tertiary/aromatic N) is 3. The van der Waals surface area contributed by atoms with Gasteiger partial charge in [-0.05, 0) is 36.6 Å². The molecule has 1 aliphatic heterocycles. The number of aromatic nitrogens is 2. The summed E-state index contributed by atoms with van der Waals surface area (Å²) < 4.78 is 54.9. The first-order valence-electron chi connectivity index (χ1n) is 9.23. The summed E-state index contributed by atoms with van der Waals surface area (Å²) in [5, 5.41) is -0.214. The quantitative estimate of drug-likeness (QED) is 0.660. The van der Waals surface area contributed by atoms with Gasteiger partial charge in [0.25, 0.3) is 5.56 Å². The number of hydrogen-bond acceptors (Lipinski definition) is 4. The molecule has 4 rings (SSSR count). The second-order valence-corrected chi connectivity index (χ2v) is 7.02. The fourth-order valence-electron chi connectivity index (χ4n) is 3.46. The summed E-state index contributed by atoms with van der Waals surface area (Å²) in [6, 6.07) is 4.23. The minimum atomic E-state index is -1.22. The summed E-state index contributed by atoms with van der Waals surface area (Å²) in [5.41, 5.74) is 1.61. The zero-order valence-electron chi connectivity index (χ0n) is 15.6. The summed E-state index contributed by atoms with van der Waals surface area (Å²) in [6.07, 6.45) is 1.26. The third-order valence-electron chi connectivity index (χ3n) is 4.80. The average molecular weight is 420 g/mol. The molecule has 1 aromatic heterocycles. The molecule has 0 aliphatic carbocycles. The first-order valence-corrected chi connectivity index (χ1v) is 9.23. The van der Waals surface area contributed by atoms with Crippen LogP contribution in [0.15, 0.2) is 35.1 Å². The first kappa shape index (κ1) is 19.9. The van der Waals surface area contributed by atoms with E-state index in [4.69, 9.17) is 0 Å². The van der Waals surface area contributed by atoms with Crippen molar-refractivity contribution in [2.75, 3.05) is 23.4 Å². The largest absolute Gasteiger partial charge is 0.341 e. The van der Waals surface area contributed by atoms with Crippen molar-refractivity contribution in [2.24, 2.45) is 0 Å². The Balaban J connectivity index is 1.74. The predicted octanol–water partition coefficient (Wildman–Crippen LogP) is 2.87. The molecule has 1 amide bonds. The fraction of sp³-hybridized carbons (Fsp3) is 0.250. The summed E-state index contributed by atoms with van der Waals surface area (Å²) in [5.74, 6) is -4.68. The topological polar surface area (TPSA) is 67.2 Å². The van der Waals surface area contributed by atoms with E-state index in [1.807, 2.05) is 0 Å². The number of halogens is 4. The van der Waals surface area contributed by atoms with Crippen LogP contribution in [0.25, 0.3) is 10.9 Å². The van der Waals surface area contributed by atoms with Crippen molar-refractivity contribution in [2.45, 2.75) is 19.3 Å². The number of hydrogen-bond donors (Lipinski definition) is 1. The predicted molar refractivity (Wildman–Crippen MR) is 102 cm³/mol. The van der Waals surface area contributed by atoms with E-state index in [2.05, 4.69) is 10.4 Å². The zero-order chi connectivity index (χ0) is 21.4. The number of anilines is 1. The van der Waals surface area contributed by atoms with Gasteiger partial charge in [-0.1, -0.05) is 0 Å². The molecule has 0 saturated carbocycles. The molecule has 0 radical (unpaired) electrons. The fourth-order valence-corrected chi connectivity index (χ4v) is 3.46. The van der Waals surface area contributed by atoms with Crippen molar-refractivity contribution >= 4 is 22.8 Å². The molecule has 1 aliphatic rings. The molecule has 0 bridgehead atoms. The van der Waals surface area contributed by atoms with Crippen LogP contribution in [-0.4, -0.2) is 28.7 Å². The number of rotatable bonds is 4. The van der Waals surface area contributed by atoms with E-state index >= 15 is 0 Å². The van der Waals surface area contributed by atoms with Crippen LogP contribution >= 0.6 is 0 Å². The highest BCUT2D eigenvalue weighted by molar-refractivity contribution is 5.87. The summed E-state index contributed by atoms with van der Waals surface area (Å²) in [6.45, 7) is 1.12. The summed E-state index contributed by atoms with van der Waals surface area (Å²) >= 11 is 0. The van der Waals surface area contributed by atoms with Gasteiger partial charge in [0, 0.05) is 25.2 Å². The maximum absolute atomic E-state index is 13.7. The minimum absolute atomic E-state index is 0.0431. The molecule has 1 fully saturated rings. The highest BCUT2D eigenvalue weighted by Crippen LogP contribution is 2.21. The van der Waals surface area contributed by atoms with E-state index in [0.29, 0.717) is 19.2 Å². The number of fused-ring (bicyclic) bond motifs is 1. The molecule has 1 N–H and O–H groups in total. The molecule has 0 spiro atoms. The smallest absolute Gasteiger partial charge is 0.281 e. The molecule has 3 aromatic rings. The van der Waals surface area contributed by atoms with Gasteiger partial charge in [-0.15, -0.1) is 0 Å². The van der Waals surface area contributed by atoms with Crippen LogP contribution in [0.3, 0.4) is 0 Å². The molecule has 1 saturated heterocycles. The lowest BCUT2D eigenvalue weighted by molar-refractivity contribution is -0.116. The molecule has 156 valence electrons. The van der Waals surface area contributed by atoms with Crippen molar-refractivity contribution < 1.29 is 22.4 Å². The third-order valence-corrected chi connectivity index (χ3v) is 4.80. The molecule has 30 heavy (non-hydrogen) atoms. The van der Waals surface area contributed by atoms with Crippen LogP contribution in [-0.2, 0) is 11.2 Å². The van der Waals surface area contributed by atoms with Crippen molar-refractivity contribution in [3.8, 4) is 0 Å². The molecule has 6 nitrogen and oxygen atoms in total. The van der Waals surface area contributed by atoms with E-state index in [0.717, 1.165) is 41.8 Å². The van der Waals surface area contributed by atoms with E-state index in [1.165, 1.54) is 0 Å². The van der Waals surface area contributed by atoms with E-state index < -0.39 is 41.2 Å². The monoisotopic (exact) mass is 420 g/mol. The second-order valence-electron chi connectivity index (χ2n) is 7.02. The SMILES string of the molecule is O=C(Cc1cc(F)cc(F)c1)Nn1c(N2CCCC2)nc2cc(F)c(F)cc2c1=O. The zero-order valence-corrected chi connectivity index (χ0v) is 15.6. The van der Waals surface area contributed by atoms with Crippen molar-refractivity contribution in [3.63, 3.8) is 0 Å². The lowest BCUT2D eigenvalue weighted by Crippen LogP contribution is -2.39. The Morgan fingerprint density at radius 3 is 2.27 bits per heavy atom. The Kier molecular flexibility index (Phi) is 5.15. The van der Waals surface area contributed by atoms with Gasteiger partial charge in [0.2, 0.25) is 11.9 Å². The van der Waals surface area contributed by atoms with Crippen LogP contribution in [0.5, 0.6) is 0 Å². The maximum Gasteiger partial charge on any atom is 0.281 e. The highest BCUT2D eigenvalue weighted by Gasteiger charge is 2.22. The first-order chi connectivity index (χ1) is 14.3. The number of benzene rings is 2. The standard InChI is InChI=1S/C20H16F4N4O2/c21-12-5-11(6-13(22)8-12)7-18(29)26-28-19(30)14-9-15(23)16(24)10-17(14)25-20(28)27-3-1-2-4-27/h5-6,8-10H,1-4,7H2,(H,26,29). The van der Waals surface area contributed by atoms with Gasteiger partial charge < -0.3 is 4.90 Å². The highest BCUT2D eigenvalue weighted by atomic mass is 19.2. The number of amides is 1.